The first kappa shape index (κ1) is 15.0. The maximum absolute atomic E-state index is 7.33. The summed E-state index contributed by atoms with van der Waals surface area (Å²) in [5.41, 5.74) is 0. The average Bonchev–Trinajstić information content (AvgIpc) is 2.56. The van der Waals surface area contributed by atoms with Crippen LogP contribution in [0.2, 0.25) is 5.02 Å². The third-order valence-electron chi connectivity index (χ3n) is 3.59. The predicted octanol–water partition coefficient (Wildman–Crippen LogP) is 3.55. The van der Waals surface area contributed by atoms with Crippen molar-refractivity contribution in [2.24, 2.45) is 0 Å². The van der Waals surface area contributed by atoms with E-state index in [4.69, 9.17) is 20.5 Å². The van der Waals surface area contributed by atoms with E-state index in [1.54, 1.807) is 0 Å². The molecule has 3 aromatic rings. The van der Waals surface area contributed by atoms with E-state index in [0.717, 1.165) is 5.02 Å². The van der Waals surface area contributed by atoms with Gasteiger partial charge in [0.05, 0.1) is 0 Å². The molecule has 0 spiro atoms. The van der Waals surface area contributed by atoms with E-state index >= 15 is 0 Å². The van der Waals surface area contributed by atoms with E-state index in [9.17, 15) is 0 Å². The maximum atomic E-state index is 7.33. The van der Waals surface area contributed by atoms with Crippen molar-refractivity contribution in [2.75, 3.05) is 0 Å². The molecular formula is C18H14Cl2Sn. The zero-order chi connectivity index (χ0) is 14.7. The van der Waals surface area contributed by atoms with Crippen molar-refractivity contribution in [3.05, 3.63) is 90.0 Å². The molecule has 3 heteroatoms. The molecule has 3 aromatic carbocycles. The van der Waals surface area contributed by atoms with Crippen molar-refractivity contribution >= 4 is 48.5 Å². The third-order valence-corrected chi connectivity index (χ3v) is 17.9. The quantitative estimate of drug-likeness (QED) is 0.570. The van der Waals surface area contributed by atoms with Gasteiger partial charge >= 0.3 is 138 Å². The molecule has 0 heterocycles. The van der Waals surface area contributed by atoms with Crippen LogP contribution in [-0.4, -0.2) is 17.3 Å². The fourth-order valence-corrected chi connectivity index (χ4v) is 13.5. The second-order valence-electron chi connectivity index (χ2n) is 4.90. The minimum atomic E-state index is -3.39. The van der Waals surface area contributed by atoms with E-state index < -0.39 is 17.3 Å². The SMILES string of the molecule is Clc1cc[c]([Sn]([Cl])([c]2ccccc2)[c]2ccccc2)cc1. The van der Waals surface area contributed by atoms with E-state index in [-0.39, 0.29) is 0 Å². The first-order valence-electron chi connectivity index (χ1n) is 6.77. The molecule has 0 N–H and O–H groups in total. The second-order valence-corrected chi connectivity index (χ2v) is 17.8. The van der Waals surface area contributed by atoms with Crippen LogP contribution in [0, 0.1) is 0 Å². The Hall–Kier alpha value is -0.961. The summed E-state index contributed by atoms with van der Waals surface area (Å²) in [5.74, 6) is 0. The van der Waals surface area contributed by atoms with Gasteiger partial charge in [-0.2, -0.15) is 0 Å². The summed E-state index contributed by atoms with van der Waals surface area (Å²) in [6.45, 7) is 0. The fourth-order valence-electron chi connectivity index (χ4n) is 2.52. The monoisotopic (exact) mass is 420 g/mol. The zero-order valence-electron chi connectivity index (χ0n) is 11.3. The molecule has 0 saturated carbocycles. The van der Waals surface area contributed by atoms with Crippen molar-refractivity contribution in [1.82, 2.24) is 0 Å². The van der Waals surface area contributed by atoms with E-state index in [0.29, 0.717) is 0 Å². The zero-order valence-corrected chi connectivity index (χ0v) is 15.7. The summed E-state index contributed by atoms with van der Waals surface area (Å²) in [5, 5.41) is 0.741. The summed E-state index contributed by atoms with van der Waals surface area (Å²) in [6.07, 6.45) is 0. The molecule has 0 saturated heterocycles. The van der Waals surface area contributed by atoms with Gasteiger partial charge in [0.15, 0.2) is 0 Å². The number of benzene rings is 3. The van der Waals surface area contributed by atoms with Crippen LogP contribution >= 0.6 is 20.5 Å². The molecule has 21 heavy (non-hydrogen) atoms. The van der Waals surface area contributed by atoms with Gasteiger partial charge in [0.2, 0.25) is 0 Å². The van der Waals surface area contributed by atoms with Crippen molar-refractivity contribution in [1.29, 1.82) is 0 Å². The van der Waals surface area contributed by atoms with Gasteiger partial charge in [0, 0.05) is 0 Å². The number of hydrogen-bond donors (Lipinski definition) is 0. The van der Waals surface area contributed by atoms with Gasteiger partial charge in [-0.1, -0.05) is 0 Å². The van der Waals surface area contributed by atoms with Crippen molar-refractivity contribution < 1.29 is 0 Å². The average molecular weight is 420 g/mol. The summed E-state index contributed by atoms with van der Waals surface area (Å²) < 4.78 is 3.72. The van der Waals surface area contributed by atoms with Crippen LogP contribution in [0.25, 0.3) is 0 Å². The topological polar surface area (TPSA) is 0 Å². The molecule has 0 bridgehead atoms. The fraction of sp³-hybridized carbons (Fsp3) is 0. The number of halogens is 2. The molecule has 0 fully saturated rings. The Kier molecular flexibility index (Phi) is 4.58. The van der Waals surface area contributed by atoms with Crippen LogP contribution in [0.1, 0.15) is 0 Å². The van der Waals surface area contributed by atoms with Gasteiger partial charge in [-0.05, 0) is 0 Å². The molecule has 3 rings (SSSR count). The number of hydrogen-bond acceptors (Lipinski definition) is 0. The van der Waals surface area contributed by atoms with E-state index in [2.05, 4.69) is 60.7 Å². The minimum absolute atomic E-state index is 0.741. The summed E-state index contributed by atoms with van der Waals surface area (Å²) >= 11 is 2.64. The van der Waals surface area contributed by atoms with Crippen LogP contribution in [0.15, 0.2) is 84.9 Å². The molecule has 0 amide bonds. The standard InChI is InChI=1S/C6H4Cl.2C6H5.ClH.Sn/c7-6-4-2-1-3-5-6;2*1-2-4-6-5-3-1;;/h2-5H;2*1-5H;1H;/q;;;;+1/p-1. The Morgan fingerprint density at radius 2 is 0.905 bits per heavy atom. The predicted molar refractivity (Wildman–Crippen MR) is 94.8 cm³/mol. The van der Waals surface area contributed by atoms with Crippen molar-refractivity contribution in [2.45, 2.75) is 0 Å². The Morgan fingerprint density at radius 1 is 0.524 bits per heavy atom. The van der Waals surface area contributed by atoms with Crippen LogP contribution in [0.4, 0.5) is 0 Å². The normalized spacial score (nSPS) is 11.3. The summed E-state index contributed by atoms with van der Waals surface area (Å²) in [7, 11) is 7.33. The number of rotatable bonds is 3. The molecular weight excluding hydrogens is 406 g/mol. The van der Waals surface area contributed by atoms with Gasteiger partial charge in [-0.25, -0.2) is 0 Å². The van der Waals surface area contributed by atoms with E-state index in [1.165, 1.54) is 10.7 Å². The van der Waals surface area contributed by atoms with Crippen LogP contribution in [0.5, 0.6) is 0 Å². The second kappa shape index (κ2) is 6.43. The molecule has 0 aliphatic carbocycles. The Balaban J connectivity index is 2.23. The molecule has 0 aliphatic heterocycles. The van der Waals surface area contributed by atoms with Crippen molar-refractivity contribution in [3.63, 3.8) is 0 Å². The van der Waals surface area contributed by atoms with Crippen molar-refractivity contribution in [3.8, 4) is 0 Å². The molecule has 104 valence electrons. The molecule has 0 radical (unpaired) electrons. The van der Waals surface area contributed by atoms with Gasteiger partial charge < -0.3 is 0 Å². The van der Waals surface area contributed by atoms with Crippen LogP contribution < -0.4 is 10.7 Å². The van der Waals surface area contributed by atoms with Crippen LogP contribution in [-0.2, 0) is 0 Å². The summed E-state index contributed by atoms with van der Waals surface area (Å²) in [6, 6.07) is 28.9. The first-order chi connectivity index (χ1) is 10.2. The Bertz CT molecular complexity index is 670. The molecule has 0 atom stereocenters. The van der Waals surface area contributed by atoms with Gasteiger partial charge in [0.1, 0.15) is 0 Å². The van der Waals surface area contributed by atoms with Gasteiger partial charge in [0.25, 0.3) is 0 Å². The molecule has 0 nitrogen and oxygen atoms in total. The van der Waals surface area contributed by atoms with E-state index in [1.807, 2.05) is 24.3 Å². The van der Waals surface area contributed by atoms with Gasteiger partial charge in [-0.3, -0.25) is 0 Å². The van der Waals surface area contributed by atoms with Gasteiger partial charge in [-0.15, -0.1) is 0 Å². The molecule has 0 unspecified atom stereocenters. The Labute approximate surface area is 137 Å². The molecule has 0 aromatic heterocycles. The van der Waals surface area contributed by atoms with Crippen LogP contribution in [0.3, 0.4) is 0 Å². The first-order valence-corrected chi connectivity index (χ1v) is 15.0. The summed E-state index contributed by atoms with van der Waals surface area (Å²) in [4.78, 5) is 0. The third kappa shape index (κ3) is 2.98. The molecule has 0 aliphatic rings. The Morgan fingerprint density at radius 3 is 1.33 bits per heavy atom.